The van der Waals surface area contributed by atoms with E-state index in [0.717, 1.165) is 24.1 Å². The van der Waals surface area contributed by atoms with Crippen molar-refractivity contribution in [2.24, 2.45) is 0 Å². The van der Waals surface area contributed by atoms with Crippen LogP contribution in [0.2, 0.25) is 0 Å². The quantitative estimate of drug-likeness (QED) is 0.574. The zero-order valence-corrected chi connectivity index (χ0v) is 16.2. The fourth-order valence-corrected chi connectivity index (χ4v) is 3.54. The average molecular weight is 444 g/mol. The number of benzene rings is 1. The summed E-state index contributed by atoms with van der Waals surface area (Å²) in [7, 11) is 0. The molecule has 12 heteroatoms. The van der Waals surface area contributed by atoms with Crippen molar-refractivity contribution in [2.75, 3.05) is 31.1 Å². The summed E-state index contributed by atoms with van der Waals surface area (Å²) >= 11 is 0. The summed E-state index contributed by atoms with van der Waals surface area (Å²) in [6.45, 7) is 2.89. The molecule has 3 aromatic rings. The summed E-state index contributed by atoms with van der Waals surface area (Å²) in [6, 6.07) is 8.11. The van der Waals surface area contributed by atoms with Crippen LogP contribution in [0.15, 0.2) is 36.4 Å². The molecular weight excluding hydrogens is 426 g/mol. The van der Waals surface area contributed by atoms with Gasteiger partial charge in [-0.2, -0.15) is 30.9 Å². The van der Waals surface area contributed by atoms with Crippen molar-refractivity contribution in [1.82, 2.24) is 24.7 Å². The molecule has 0 saturated carbocycles. The Morgan fingerprint density at radius 2 is 1.52 bits per heavy atom. The Morgan fingerprint density at radius 1 is 0.774 bits per heavy atom. The van der Waals surface area contributed by atoms with Gasteiger partial charge < -0.3 is 4.90 Å². The zero-order valence-electron chi connectivity index (χ0n) is 16.2. The number of fused-ring (bicyclic) bond motifs is 1. The van der Waals surface area contributed by atoms with Gasteiger partial charge in [0.2, 0.25) is 0 Å². The minimum absolute atomic E-state index is 0.00910. The van der Waals surface area contributed by atoms with E-state index in [9.17, 15) is 26.3 Å². The van der Waals surface area contributed by atoms with Gasteiger partial charge >= 0.3 is 12.4 Å². The second kappa shape index (κ2) is 7.98. The van der Waals surface area contributed by atoms with E-state index < -0.39 is 23.7 Å². The monoisotopic (exact) mass is 444 g/mol. The third-order valence-electron chi connectivity index (χ3n) is 5.10. The molecule has 3 heterocycles. The summed E-state index contributed by atoms with van der Waals surface area (Å²) in [5.74, 6) is -0.794. The molecule has 166 valence electrons. The Morgan fingerprint density at radius 3 is 2.19 bits per heavy atom. The molecule has 1 aliphatic rings. The highest BCUT2D eigenvalue weighted by atomic mass is 19.4. The number of halogens is 6. The van der Waals surface area contributed by atoms with Gasteiger partial charge in [0.05, 0.1) is 5.56 Å². The molecule has 1 fully saturated rings. The Hall–Kier alpha value is -2.89. The predicted molar refractivity (Wildman–Crippen MR) is 99.3 cm³/mol. The van der Waals surface area contributed by atoms with Crippen molar-refractivity contribution in [2.45, 2.75) is 25.3 Å². The van der Waals surface area contributed by atoms with E-state index in [1.807, 2.05) is 4.90 Å². The second-order valence-electron chi connectivity index (χ2n) is 7.29. The number of anilines is 1. The molecule has 0 unspecified atom stereocenters. The Labute approximate surface area is 173 Å². The standard InChI is InChI=1S/C19H18F6N6/c20-18(21,22)14-4-2-13(3-5-14)12-29-8-1-9-30(11-10-29)16-7-6-15-26-27-17(19(23,24)25)31(15)28-16/h2-7H,1,8-12H2. The van der Waals surface area contributed by atoms with Gasteiger partial charge in [0.15, 0.2) is 5.65 Å². The maximum atomic E-state index is 13.1. The molecule has 4 rings (SSSR count). The molecule has 1 aromatic carbocycles. The van der Waals surface area contributed by atoms with Crippen LogP contribution in [0, 0.1) is 0 Å². The Kier molecular flexibility index (Phi) is 5.50. The molecule has 6 nitrogen and oxygen atoms in total. The Balaban J connectivity index is 1.44. The van der Waals surface area contributed by atoms with Crippen LogP contribution in [0.4, 0.5) is 32.2 Å². The first-order chi connectivity index (χ1) is 14.6. The van der Waals surface area contributed by atoms with Crippen molar-refractivity contribution in [3.05, 3.63) is 53.3 Å². The van der Waals surface area contributed by atoms with Crippen LogP contribution in [0.5, 0.6) is 0 Å². The van der Waals surface area contributed by atoms with Gasteiger partial charge in [0.1, 0.15) is 5.82 Å². The van der Waals surface area contributed by atoms with Crippen LogP contribution in [0.1, 0.15) is 23.4 Å². The van der Waals surface area contributed by atoms with Crippen LogP contribution in [0.3, 0.4) is 0 Å². The topological polar surface area (TPSA) is 49.6 Å². The maximum Gasteiger partial charge on any atom is 0.453 e. The van der Waals surface area contributed by atoms with E-state index >= 15 is 0 Å². The van der Waals surface area contributed by atoms with Gasteiger partial charge in [-0.1, -0.05) is 12.1 Å². The second-order valence-corrected chi connectivity index (χ2v) is 7.29. The number of rotatable bonds is 3. The van der Waals surface area contributed by atoms with Crippen LogP contribution in [0.25, 0.3) is 5.65 Å². The van der Waals surface area contributed by atoms with E-state index in [4.69, 9.17) is 0 Å². The van der Waals surface area contributed by atoms with Gasteiger partial charge in [-0.05, 0) is 36.2 Å². The largest absolute Gasteiger partial charge is 0.453 e. The van der Waals surface area contributed by atoms with Crippen molar-refractivity contribution in [1.29, 1.82) is 0 Å². The van der Waals surface area contributed by atoms with Gasteiger partial charge in [-0.3, -0.25) is 4.90 Å². The molecule has 0 atom stereocenters. The first-order valence-corrected chi connectivity index (χ1v) is 9.54. The number of alkyl halides is 6. The highest BCUT2D eigenvalue weighted by molar-refractivity contribution is 5.46. The lowest BCUT2D eigenvalue weighted by molar-refractivity contribution is -0.146. The summed E-state index contributed by atoms with van der Waals surface area (Å²) in [5.41, 5.74) is 0.0853. The van der Waals surface area contributed by atoms with Crippen LogP contribution in [-0.4, -0.2) is 50.9 Å². The zero-order chi connectivity index (χ0) is 22.2. The van der Waals surface area contributed by atoms with Crippen LogP contribution in [-0.2, 0) is 18.9 Å². The molecule has 2 aromatic heterocycles. The number of nitrogens with zero attached hydrogens (tertiary/aromatic N) is 6. The minimum Gasteiger partial charge on any atom is -0.354 e. The van der Waals surface area contributed by atoms with Crippen LogP contribution >= 0.6 is 0 Å². The van der Waals surface area contributed by atoms with E-state index in [1.165, 1.54) is 18.2 Å². The molecule has 1 saturated heterocycles. The highest BCUT2D eigenvalue weighted by Gasteiger charge is 2.38. The van der Waals surface area contributed by atoms with Gasteiger partial charge in [-0.15, -0.1) is 15.3 Å². The lowest BCUT2D eigenvalue weighted by Crippen LogP contribution is -2.31. The third kappa shape index (κ3) is 4.73. The Bertz CT molecular complexity index is 1040. The van der Waals surface area contributed by atoms with Crippen molar-refractivity contribution < 1.29 is 26.3 Å². The minimum atomic E-state index is -4.66. The maximum absolute atomic E-state index is 13.1. The van der Waals surface area contributed by atoms with E-state index in [2.05, 4.69) is 20.2 Å². The molecular formula is C19H18F6N6. The highest BCUT2D eigenvalue weighted by Crippen LogP contribution is 2.30. The number of aromatic nitrogens is 4. The predicted octanol–water partition coefficient (Wildman–Crippen LogP) is 3.87. The fourth-order valence-electron chi connectivity index (χ4n) is 3.54. The molecule has 1 aliphatic heterocycles. The van der Waals surface area contributed by atoms with Gasteiger partial charge in [0.25, 0.3) is 5.82 Å². The SMILES string of the molecule is FC(F)(F)c1ccc(CN2CCCN(c3ccc4nnc(C(F)(F)F)n4n3)CC2)cc1. The molecule has 0 radical (unpaired) electrons. The fraction of sp³-hybridized carbons (Fsp3) is 0.421. The average Bonchev–Trinajstić information content (AvgIpc) is 3.00. The summed E-state index contributed by atoms with van der Waals surface area (Å²) in [6.07, 6.45) is -8.30. The molecule has 0 spiro atoms. The molecule has 0 N–H and O–H groups in total. The first kappa shape index (κ1) is 21.3. The lowest BCUT2D eigenvalue weighted by Gasteiger charge is -2.23. The van der Waals surface area contributed by atoms with Gasteiger partial charge in [0, 0.05) is 32.7 Å². The van der Waals surface area contributed by atoms with E-state index in [-0.39, 0.29) is 5.65 Å². The summed E-state index contributed by atoms with van der Waals surface area (Å²) < 4.78 is 78.1. The van der Waals surface area contributed by atoms with E-state index in [0.29, 0.717) is 43.1 Å². The van der Waals surface area contributed by atoms with Crippen molar-refractivity contribution in [3.63, 3.8) is 0 Å². The normalized spacial score (nSPS) is 16.6. The number of hydrogen-bond acceptors (Lipinski definition) is 5. The lowest BCUT2D eigenvalue weighted by atomic mass is 10.1. The number of hydrogen-bond donors (Lipinski definition) is 0. The third-order valence-corrected chi connectivity index (χ3v) is 5.10. The molecule has 31 heavy (non-hydrogen) atoms. The summed E-state index contributed by atoms with van der Waals surface area (Å²) in [5, 5.41) is 10.8. The van der Waals surface area contributed by atoms with Crippen LogP contribution < -0.4 is 4.90 Å². The molecule has 0 amide bonds. The first-order valence-electron chi connectivity index (χ1n) is 9.54. The summed E-state index contributed by atoms with van der Waals surface area (Å²) in [4.78, 5) is 3.98. The van der Waals surface area contributed by atoms with Crippen molar-refractivity contribution in [3.8, 4) is 0 Å². The molecule has 0 bridgehead atoms. The van der Waals surface area contributed by atoms with Gasteiger partial charge in [-0.25, -0.2) is 0 Å². The van der Waals surface area contributed by atoms with E-state index in [1.54, 1.807) is 6.07 Å². The molecule has 0 aliphatic carbocycles. The van der Waals surface area contributed by atoms with Crippen molar-refractivity contribution >= 4 is 11.5 Å². The smallest absolute Gasteiger partial charge is 0.354 e.